The van der Waals surface area contributed by atoms with Crippen molar-refractivity contribution in [3.05, 3.63) is 12.2 Å². The lowest BCUT2D eigenvalue weighted by atomic mass is 10.2. The molecule has 0 saturated heterocycles. The highest BCUT2D eigenvalue weighted by molar-refractivity contribution is 5.91. The molecule has 6 nitrogen and oxygen atoms in total. The molecule has 0 aliphatic rings. The Morgan fingerprint density at radius 1 is 1.31 bits per heavy atom. The summed E-state index contributed by atoms with van der Waals surface area (Å²) in [4.78, 5) is 32.4. The summed E-state index contributed by atoms with van der Waals surface area (Å²) >= 11 is 0. The number of carbonyl (C=O) groups excluding carboxylic acids is 3. The Bertz CT molecular complexity index is 304. The van der Waals surface area contributed by atoms with Crippen LogP contribution in [0.2, 0.25) is 0 Å². The molecule has 6 heteroatoms. The largest absolute Gasteiger partial charge is 0.443 e. The Balaban J connectivity index is 4.19. The van der Waals surface area contributed by atoms with Crippen molar-refractivity contribution in [2.45, 2.75) is 26.4 Å². The third-order valence-electron chi connectivity index (χ3n) is 1.31. The Kier molecular flexibility index (Phi) is 5.21. The lowest BCUT2D eigenvalue weighted by molar-refractivity contribution is -0.127. The number of carbonyl (C=O) groups is 3. The Morgan fingerprint density at radius 2 is 1.88 bits per heavy atom. The molecule has 0 saturated carbocycles. The van der Waals surface area contributed by atoms with Crippen LogP contribution in [0.5, 0.6) is 0 Å². The number of aldehydes is 1. The van der Waals surface area contributed by atoms with E-state index in [0.717, 1.165) is 17.2 Å². The summed E-state index contributed by atoms with van der Waals surface area (Å²) in [6.45, 7) is 5.13. The van der Waals surface area contributed by atoms with Crippen molar-refractivity contribution >= 4 is 18.3 Å². The lowest BCUT2D eigenvalue weighted by Crippen LogP contribution is -2.45. The van der Waals surface area contributed by atoms with Crippen LogP contribution in [-0.2, 0) is 14.3 Å². The summed E-state index contributed by atoms with van der Waals surface area (Å²) in [7, 11) is 1.35. The van der Waals surface area contributed by atoms with Gasteiger partial charge in [0.2, 0.25) is 0 Å². The number of rotatable bonds is 2. The first kappa shape index (κ1) is 14.2. The smallest absolute Gasteiger partial charge is 0.426 e. The van der Waals surface area contributed by atoms with Gasteiger partial charge in [-0.3, -0.25) is 14.6 Å². The van der Waals surface area contributed by atoms with Gasteiger partial charge in [-0.15, -0.1) is 0 Å². The molecule has 0 heterocycles. The zero-order valence-electron chi connectivity index (χ0n) is 9.81. The normalized spacial score (nSPS) is 11.0. The maximum absolute atomic E-state index is 11.2. The molecule has 0 unspecified atom stereocenters. The van der Waals surface area contributed by atoms with Crippen LogP contribution < -0.4 is 5.43 Å². The summed E-state index contributed by atoms with van der Waals surface area (Å²) < 4.78 is 4.93. The van der Waals surface area contributed by atoms with Gasteiger partial charge in [-0.05, 0) is 26.8 Å². The number of hydrazine groups is 1. The van der Waals surface area contributed by atoms with Crippen LogP contribution in [0.25, 0.3) is 0 Å². The van der Waals surface area contributed by atoms with Crippen molar-refractivity contribution in [2.24, 2.45) is 0 Å². The maximum Gasteiger partial charge on any atom is 0.426 e. The van der Waals surface area contributed by atoms with Gasteiger partial charge in [-0.2, -0.15) is 0 Å². The molecule has 0 radical (unpaired) electrons. The third-order valence-corrected chi connectivity index (χ3v) is 1.31. The van der Waals surface area contributed by atoms with Gasteiger partial charge in [-0.25, -0.2) is 10.2 Å². The molecule has 2 amide bonds. The van der Waals surface area contributed by atoms with Crippen molar-refractivity contribution in [3.8, 4) is 0 Å². The minimum atomic E-state index is -0.733. The number of ether oxygens (including phenoxy) is 1. The SMILES string of the molecule is CN(NC(=O)OC(C)(C)C)C(=O)/C=C\C=O. The van der Waals surface area contributed by atoms with Crippen molar-refractivity contribution in [2.75, 3.05) is 7.05 Å². The second-order valence-corrected chi connectivity index (χ2v) is 4.01. The molecule has 0 aromatic heterocycles. The number of nitrogens with one attached hydrogen (secondary N) is 1. The predicted molar refractivity (Wildman–Crippen MR) is 57.3 cm³/mol. The molecular weight excluding hydrogens is 212 g/mol. The monoisotopic (exact) mass is 228 g/mol. The van der Waals surface area contributed by atoms with E-state index >= 15 is 0 Å². The van der Waals surface area contributed by atoms with Gasteiger partial charge in [0.1, 0.15) is 11.9 Å². The number of hydrogen-bond donors (Lipinski definition) is 1. The van der Waals surface area contributed by atoms with Crippen LogP contribution in [0.3, 0.4) is 0 Å². The van der Waals surface area contributed by atoms with Crippen LogP contribution in [0.1, 0.15) is 20.8 Å². The van der Waals surface area contributed by atoms with Crippen molar-refractivity contribution in [1.29, 1.82) is 0 Å². The van der Waals surface area contributed by atoms with Crippen LogP contribution in [0.15, 0.2) is 12.2 Å². The lowest BCUT2D eigenvalue weighted by Gasteiger charge is -2.22. The van der Waals surface area contributed by atoms with E-state index in [0.29, 0.717) is 6.29 Å². The number of amides is 2. The average Bonchev–Trinajstić information content (AvgIpc) is 2.10. The highest BCUT2D eigenvalue weighted by atomic mass is 16.6. The molecule has 0 aliphatic heterocycles. The van der Waals surface area contributed by atoms with E-state index in [1.54, 1.807) is 20.8 Å². The molecule has 1 N–H and O–H groups in total. The minimum Gasteiger partial charge on any atom is -0.443 e. The molecule has 0 aliphatic carbocycles. The highest BCUT2D eigenvalue weighted by Gasteiger charge is 2.18. The summed E-state index contributed by atoms with van der Waals surface area (Å²) in [6.07, 6.45) is 1.81. The number of allylic oxidation sites excluding steroid dienone is 1. The molecule has 0 aromatic carbocycles. The van der Waals surface area contributed by atoms with E-state index in [4.69, 9.17) is 4.74 Å². The van der Waals surface area contributed by atoms with E-state index in [1.165, 1.54) is 7.05 Å². The number of nitrogens with zero attached hydrogens (tertiary/aromatic N) is 1. The standard InChI is InChI=1S/C10H16N2O4/c1-10(2,3)16-9(15)11-12(4)8(14)6-5-7-13/h5-7H,1-4H3,(H,11,15)/b6-5-. The quantitative estimate of drug-likeness (QED) is 0.427. The van der Waals surface area contributed by atoms with Gasteiger partial charge in [0, 0.05) is 13.1 Å². The Labute approximate surface area is 94.2 Å². The first-order chi connectivity index (χ1) is 7.26. The van der Waals surface area contributed by atoms with Crippen molar-refractivity contribution in [1.82, 2.24) is 10.4 Å². The summed E-state index contributed by atoms with van der Waals surface area (Å²) in [5.74, 6) is -0.530. The van der Waals surface area contributed by atoms with E-state index in [-0.39, 0.29) is 0 Å². The third kappa shape index (κ3) is 6.58. The molecule has 0 spiro atoms. The second-order valence-electron chi connectivity index (χ2n) is 4.01. The van der Waals surface area contributed by atoms with Gasteiger partial charge in [0.15, 0.2) is 0 Å². The summed E-state index contributed by atoms with van der Waals surface area (Å²) in [6, 6.07) is 0. The highest BCUT2D eigenvalue weighted by Crippen LogP contribution is 2.06. The van der Waals surface area contributed by atoms with Crippen LogP contribution in [-0.4, -0.2) is 35.9 Å². The molecular formula is C10H16N2O4. The first-order valence-corrected chi connectivity index (χ1v) is 4.65. The molecule has 0 aromatic rings. The molecule has 0 bridgehead atoms. The van der Waals surface area contributed by atoms with E-state index in [2.05, 4.69) is 5.43 Å². The Morgan fingerprint density at radius 3 is 2.31 bits per heavy atom. The number of likely N-dealkylation sites (N-methyl/N-ethyl adjacent to an activating group) is 1. The zero-order chi connectivity index (χ0) is 12.8. The maximum atomic E-state index is 11.2. The molecule has 16 heavy (non-hydrogen) atoms. The number of hydrogen-bond acceptors (Lipinski definition) is 4. The van der Waals surface area contributed by atoms with Crippen LogP contribution in [0, 0.1) is 0 Å². The van der Waals surface area contributed by atoms with E-state index < -0.39 is 17.6 Å². The van der Waals surface area contributed by atoms with Gasteiger partial charge >= 0.3 is 6.09 Å². The van der Waals surface area contributed by atoms with Crippen LogP contribution in [0.4, 0.5) is 4.79 Å². The van der Waals surface area contributed by atoms with Crippen molar-refractivity contribution in [3.63, 3.8) is 0 Å². The molecule has 90 valence electrons. The molecule has 0 fully saturated rings. The fraction of sp³-hybridized carbons (Fsp3) is 0.500. The van der Waals surface area contributed by atoms with E-state index in [1.807, 2.05) is 0 Å². The fourth-order valence-electron chi connectivity index (χ4n) is 0.726. The molecule has 0 atom stereocenters. The average molecular weight is 228 g/mol. The summed E-state index contributed by atoms with van der Waals surface area (Å²) in [5.41, 5.74) is 1.57. The van der Waals surface area contributed by atoms with E-state index in [9.17, 15) is 14.4 Å². The topological polar surface area (TPSA) is 75.7 Å². The minimum absolute atomic E-state index is 0.471. The van der Waals surface area contributed by atoms with Crippen molar-refractivity contribution < 1.29 is 19.1 Å². The van der Waals surface area contributed by atoms with Gasteiger partial charge < -0.3 is 4.74 Å². The van der Waals surface area contributed by atoms with Crippen LogP contribution >= 0.6 is 0 Å². The second kappa shape index (κ2) is 5.89. The Hall–Kier alpha value is -1.85. The summed E-state index contributed by atoms with van der Waals surface area (Å²) in [5, 5.41) is 0.925. The van der Waals surface area contributed by atoms with Gasteiger partial charge in [0.25, 0.3) is 5.91 Å². The predicted octanol–water partition coefficient (Wildman–Crippen LogP) is 0.640. The van der Waals surface area contributed by atoms with Gasteiger partial charge in [0.05, 0.1) is 0 Å². The molecule has 0 rings (SSSR count). The zero-order valence-corrected chi connectivity index (χ0v) is 9.81. The first-order valence-electron chi connectivity index (χ1n) is 4.65. The van der Waals surface area contributed by atoms with Gasteiger partial charge in [-0.1, -0.05) is 0 Å². The fourth-order valence-corrected chi connectivity index (χ4v) is 0.726.